The maximum atomic E-state index is 11.6. The molecule has 0 aliphatic heterocycles. The summed E-state index contributed by atoms with van der Waals surface area (Å²) in [5, 5.41) is 8.58. The molecule has 0 aliphatic rings. The average molecular weight is 212 g/mol. The Morgan fingerprint density at radius 1 is 1.50 bits per heavy atom. The first-order valence-electron chi connectivity index (χ1n) is 4.28. The molecule has 1 unspecified atom stereocenters. The van der Waals surface area contributed by atoms with Gasteiger partial charge < -0.3 is 14.6 Å². The fraction of sp³-hybridized carbons (Fsp3) is 0.875. The maximum absolute atomic E-state index is 11.6. The van der Waals surface area contributed by atoms with E-state index in [1.165, 1.54) is 0 Å². The van der Waals surface area contributed by atoms with Crippen LogP contribution in [0.3, 0.4) is 0 Å². The van der Waals surface area contributed by atoms with Crippen LogP contribution in [0.5, 0.6) is 0 Å². The van der Waals surface area contributed by atoms with E-state index in [0.29, 0.717) is 0 Å². The summed E-state index contributed by atoms with van der Waals surface area (Å²) in [6.07, 6.45) is -3.42. The van der Waals surface area contributed by atoms with E-state index >= 15 is 0 Å². The van der Waals surface area contributed by atoms with Crippen molar-refractivity contribution >= 4 is 5.97 Å². The van der Waals surface area contributed by atoms with Gasteiger partial charge in [0.25, 0.3) is 6.43 Å². The molecule has 0 saturated heterocycles. The minimum Gasteiger partial charge on any atom is -0.479 e. The zero-order chi connectivity index (χ0) is 11.0. The molecular formula is C8H14F2O4. The van der Waals surface area contributed by atoms with Crippen molar-refractivity contribution in [1.29, 1.82) is 0 Å². The number of halogens is 2. The number of carboxylic acid groups (broad SMARTS) is 1. The lowest BCUT2D eigenvalue weighted by atomic mass is 10.2. The maximum Gasteiger partial charge on any atom is 0.332 e. The summed E-state index contributed by atoms with van der Waals surface area (Å²) in [7, 11) is 0. The Balaban J connectivity index is 3.56. The van der Waals surface area contributed by atoms with Gasteiger partial charge in [0.15, 0.2) is 6.10 Å². The molecule has 1 atom stereocenters. The summed E-state index contributed by atoms with van der Waals surface area (Å²) in [6.45, 7) is 1.22. The molecule has 0 heterocycles. The Bertz CT molecular complexity index is 163. The second-order valence-corrected chi connectivity index (χ2v) is 2.54. The number of aliphatic carboxylic acids is 1. The number of hydrogen-bond acceptors (Lipinski definition) is 3. The standard InChI is InChI=1S/C8H14F2O4/c1-2-14-6(8(11)12)3-4-13-5-7(9)10/h6-7H,2-5H2,1H3,(H,11,12). The lowest BCUT2D eigenvalue weighted by molar-refractivity contribution is -0.151. The van der Waals surface area contributed by atoms with E-state index in [1.54, 1.807) is 6.92 Å². The predicted molar refractivity (Wildman–Crippen MR) is 44.5 cm³/mol. The molecule has 0 spiro atoms. The second-order valence-electron chi connectivity index (χ2n) is 2.54. The number of alkyl halides is 2. The molecule has 14 heavy (non-hydrogen) atoms. The third-order valence-electron chi connectivity index (χ3n) is 1.41. The number of rotatable bonds is 8. The molecule has 0 saturated carbocycles. The lowest BCUT2D eigenvalue weighted by Gasteiger charge is -2.11. The molecule has 6 heteroatoms. The highest BCUT2D eigenvalue weighted by Gasteiger charge is 2.17. The molecule has 0 aromatic carbocycles. The van der Waals surface area contributed by atoms with Crippen LogP contribution in [0.25, 0.3) is 0 Å². The molecule has 1 N–H and O–H groups in total. The second kappa shape index (κ2) is 7.64. The van der Waals surface area contributed by atoms with Crippen LogP contribution < -0.4 is 0 Å². The highest BCUT2D eigenvalue weighted by Crippen LogP contribution is 2.01. The highest BCUT2D eigenvalue weighted by molar-refractivity contribution is 5.72. The molecule has 84 valence electrons. The van der Waals surface area contributed by atoms with E-state index in [0.717, 1.165) is 0 Å². The van der Waals surface area contributed by atoms with Crippen molar-refractivity contribution in [2.45, 2.75) is 25.9 Å². The van der Waals surface area contributed by atoms with Gasteiger partial charge in [-0.3, -0.25) is 0 Å². The van der Waals surface area contributed by atoms with Gasteiger partial charge in [-0.1, -0.05) is 0 Å². The fourth-order valence-electron chi connectivity index (χ4n) is 0.842. The van der Waals surface area contributed by atoms with Crippen LogP contribution in [0.2, 0.25) is 0 Å². The van der Waals surface area contributed by atoms with E-state index in [1.807, 2.05) is 0 Å². The first-order chi connectivity index (χ1) is 6.57. The average Bonchev–Trinajstić information content (AvgIpc) is 2.09. The Kier molecular flexibility index (Phi) is 7.23. The van der Waals surface area contributed by atoms with Crippen molar-refractivity contribution < 1.29 is 28.2 Å². The van der Waals surface area contributed by atoms with Gasteiger partial charge in [0.1, 0.15) is 6.61 Å². The molecule has 0 aromatic rings. The van der Waals surface area contributed by atoms with Crippen LogP contribution in [0.4, 0.5) is 8.78 Å². The molecule has 0 radical (unpaired) electrons. The third-order valence-corrected chi connectivity index (χ3v) is 1.41. The summed E-state index contributed by atoms with van der Waals surface area (Å²) < 4.78 is 32.6. The Labute approximate surface area is 80.8 Å². The van der Waals surface area contributed by atoms with Gasteiger partial charge in [0.05, 0.1) is 0 Å². The van der Waals surface area contributed by atoms with Gasteiger partial charge in [-0.05, 0) is 6.92 Å². The topological polar surface area (TPSA) is 55.8 Å². The molecular weight excluding hydrogens is 198 g/mol. The van der Waals surface area contributed by atoms with Crippen molar-refractivity contribution in [3.8, 4) is 0 Å². The molecule has 0 fully saturated rings. The number of ether oxygens (including phenoxy) is 2. The monoisotopic (exact) mass is 212 g/mol. The summed E-state index contributed by atoms with van der Waals surface area (Å²) in [4.78, 5) is 10.5. The smallest absolute Gasteiger partial charge is 0.332 e. The molecule has 4 nitrogen and oxygen atoms in total. The SMILES string of the molecule is CCOC(CCOCC(F)F)C(=O)O. The lowest BCUT2D eigenvalue weighted by Crippen LogP contribution is -2.25. The minimum absolute atomic E-state index is 0.0404. The van der Waals surface area contributed by atoms with E-state index in [2.05, 4.69) is 4.74 Å². The summed E-state index contributed by atoms with van der Waals surface area (Å²) >= 11 is 0. The van der Waals surface area contributed by atoms with Crippen molar-refractivity contribution in [2.75, 3.05) is 19.8 Å². The molecule has 0 rings (SSSR count). The first kappa shape index (κ1) is 13.2. The number of carboxylic acids is 1. The van der Waals surface area contributed by atoms with E-state index in [9.17, 15) is 13.6 Å². The van der Waals surface area contributed by atoms with Crippen LogP contribution in [0, 0.1) is 0 Å². The molecule has 0 aromatic heterocycles. The molecule has 0 aliphatic carbocycles. The quantitative estimate of drug-likeness (QED) is 0.613. The van der Waals surface area contributed by atoms with Crippen molar-refractivity contribution in [3.63, 3.8) is 0 Å². The van der Waals surface area contributed by atoms with E-state index in [4.69, 9.17) is 9.84 Å². The number of hydrogen-bond donors (Lipinski definition) is 1. The Morgan fingerprint density at radius 3 is 2.57 bits per heavy atom. The van der Waals surface area contributed by atoms with Crippen LogP contribution in [0.15, 0.2) is 0 Å². The predicted octanol–water partition coefficient (Wildman–Crippen LogP) is 1.15. The van der Waals surface area contributed by atoms with Crippen molar-refractivity contribution in [2.24, 2.45) is 0 Å². The summed E-state index contributed by atoms with van der Waals surface area (Å²) in [6, 6.07) is 0. The van der Waals surface area contributed by atoms with E-state index in [-0.39, 0.29) is 19.6 Å². The van der Waals surface area contributed by atoms with Crippen LogP contribution >= 0.6 is 0 Å². The molecule has 0 amide bonds. The third kappa shape index (κ3) is 6.73. The van der Waals surface area contributed by atoms with Gasteiger partial charge >= 0.3 is 5.97 Å². The van der Waals surface area contributed by atoms with Gasteiger partial charge in [-0.2, -0.15) is 0 Å². The zero-order valence-corrected chi connectivity index (χ0v) is 7.91. The van der Waals surface area contributed by atoms with Gasteiger partial charge in [0, 0.05) is 19.6 Å². The van der Waals surface area contributed by atoms with Gasteiger partial charge in [-0.15, -0.1) is 0 Å². The van der Waals surface area contributed by atoms with Crippen molar-refractivity contribution in [3.05, 3.63) is 0 Å². The van der Waals surface area contributed by atoms with Crippen LogP contribution in [0.1, 0.15) is 13.3 Å². The summed E-state index contributed by atoms with van der Waals surface area (Å²) in [5.41, 5.74) is 0. The van der Waals surface area contributed by atoms with Gasteiger partial charge in [0.2, 0.25) is 0 Å². The molecule has 0 bridgehead atoms. The van der Waals surface area contributed by atoms with E-state index < -0.39 is 25.1 Å². The number of carbonyl (C=O) groups is 1. The Hall–Kier alpha value is -0.750. The van der Waals surface area contributed by atoms with Crippen LogP contribution in [-0.4, -0.2) is 43.4 Å². The Morgan fingerprint density at radius 2 is 2.14 bits per heavy atom. The highest BCUT2D eigenvalue weighted by atomic mass is 19.3. The normalized spacial score (nSPS) is 13.1. The summed E-state index contributed by atoms with van der Waals surface area (Å²) in [5.74, 6) is -1.10. The zero-order valence-electron chi connectivity index (χ0n) is 7.91. The van der Waals surface area contributed by atoms with Gasteiger partial charge in [-0.25, -0.2) is 13.6 Å². The first-order valence-corrected chi connectivity index (χ1v) is 4.28. The van der Waals surface area contributed by atoms with Crippen LogP contribution in [-0.2, 0) is 14.3 Å². The van der Waals surface area contributed by atoms with Crippen molar-refractivity contribution in [1.82, 2.24) is 0 Å². The minimum atomic E-state index is -2.52. The fourth-order valence-corrected chi connectivity index (χ4v) is 0.842. The largest absolute Gasteiger partial charge is 0.479 e.